The third kappa shape index (κ3) is 4.74. The van der Waals surface area contributed by atoms with Gasteiger partial charge in [0.25, 0.3) is 5.91 Å². The summed E-state index contributed by atoms with van der Waals surface area (Å²) in [7, 11) is 0. The Bertz CT molecular complexity index is 1200. The Balaban J connectivity index is 2.04. The van der Waals surface area contributed by atoms with Crippen molar-refractivity contribution in [3.63, 3.8) is 0 Å². The average molecular weight is 452 g/mol. The highest BCUT2D eigenvalue weighted by Gasteiger charge is 2.26. The van der Waals surface area contributed by atoms with Crippen LogP contribution in [-0.4, -0.2) is 23.5 Å². The Morgan fingerprint density at radius 3 is 2.58 bits per heavy atom. The molecule has 0 unspecified atom stereocenters. The lowest BCUT2D eigenvalue weighted by atomic mass is 10.1. The maximum Gasteiger partial charge on any atom is 0.341 e. The summed E-state index contributed by atoms with van der Waals surface area (Å²) < 4.78 is 5.21. The van der Waals surface area contributed by atoms with E-state index in [1.807, 2.05) is 43.3 Å². The summed E-state index contributed by atoms with van der Waals surface area (Å²) in [6.07, 6.45) is 1.41. The van der Waals surface area contributed by atoms with Gasteiger partial charge in [0.2, 0.25) is 0 Å². The maximum absolute atomic E-state index is 13.2. The lowest BCUT2D eigenvalue weighted by molar-refractivity contribution is 0.0527. The third-order valence-electron chi connectivity index (χ3n) is 4.48. The van der Waals surface area contributed by atoms with Crippen LogP contribution in [0, 0.1) is 25.2 Å². The Hall–Kier alpha value is -3.28. The van der Waals surface area contributed by atoms with E-state index in [4.69, 9.17) is 10.00 Å². The number of thiazole rings is 1. The maximum atomic E-state index is 13.2. The first kappa shape index (κ1) is 22.4. The van der Waals surface area contributed by atoms with Crippen molar-refractivity contribution in [1.29, 1.82) is 5.26 Å². The first-order valence-electron chi connectivity index (χ1n) is 9.58. The van der Waals surface area contributed by atoms with Crippen LogP contribution in [-0.2, 0) is 4.74 Å². The molecule has 0 bridgehead atoms. The molecule has 0 aliphatic carbocycles. The second-order valence-electron chi connectivity index (χ2n) is 6.67. The standard InChI is InChI=1S/C23H21N3O3S2/c1-5-29-23(28)17-14(3)19(13(2)11-12-24)31-22(17)26-21(27)18-20(30-15(4)25-18)16-9-7-6-8-10-16/h6-11H,5H2,1-4H3,(H,26,27)/b13-11+. The minimum Gasteiger partial charge on any atom is -0.462 e. The third-order valence-corrected chi connectivity index (χ3v) is 6.84. The van der Waals surface area contributed by atoms with Crippen molar-refractivity contribution in [2.45, 2.75) is 27.7 Å². The molecule has 0 spiro atoms. The fourth-order valence-corrected chi connectivity index (χ4v) is 5.20. The molecule has 8 heteroatoms. The van der Waals surface area contributed by atoms with E-state index >= 15 is 0 Å². The van der Waals surface area contributed by atoms with E-state index in [0.717, 1.165) is 20.3 Å². The van der Waals surface area contributed by atoms with E-state index < -0.39 is 11.9 Å². The number of anilines is 1. The number of benzene rings is 1. The molecule has 0 aliphatic heterocycles. The van der Waals surface area contributed by atoms with E-state index in [9.17, 15) is 9.59 Å². The summed E-state index contributed by atoms with van der Waals surface area (Å²) in [5.41, 5.74) is 2.89. The van der Waals surface area contributed by atoms with Gasteiger partial charge in [0.15, 0.2) is 0 Å². The van der Waals surface area contributed by atoms with Gasteiger partial charge in [0.05, 0.1) is 28.1 Å². The fourth-order valence-electron chi connectivity index (χ4n) is 3.12. The SMILES string of the molecule is CCOC(=O)c1c(NC(=O)c2nc(C)sc2-c2ccccc2)sc(/C(C)=C/C#N)c1C. The molecule has 158 valence electrons. The Kier molecular flexibility index (Phi) is 7.00. The van der Waals surface area contributed by atoms with Crippen LogP contribution in [0.4, 0.5) is 5.00 Å². The number of nitriles is 1. The molecular weight excluding hydrogens is 430 g/mol. The minimum absolute atomic E-state index is 0.216. The van der Waals surface area contributed by atoms with Crippen molar-refractivity contribution in [3.05, 3.63) is 63.1 Å². The molecule has 0 saturated heterocycles. The number of thiophene rings is 1. The molecule has 2 aromatic heterocycles. The van der Waals surface area contributed by atoms with Crippen molar-refractivity contribution < 1.29 is 14.3 Å². The smallest absolute Gasteiger partial charge is 0.341 e. The number of aryl methyl sites for hydroxylation is 1. The number of hydrogen-bond acceptors (Lipinski definition) is 7. The zero-order valence-electron chi connectivity index (χ0n) is 17.6. The molecule has 1 amide bonds. The largest absolute Gasteiger partial charge is 0.462 e. The molecule has 0 atom stereocenters. The van der Waals surface area contributed by atoms with Gasteiger partial charge < -0.3 is 10.1 Å². The van der Waals surface area contributed by atoms with E-state index in [-0.39, 0.29) is 6.61 Å². The minimum atomic E-state index is -0.514. The highest BCUT2D eigenvalue weighted by atomic mass is 32.1. The van der Waals surface area contributed by atoms with Gasteiger partial charge in [0.1, 0.15) is 10.7 Å². The molecule has 0 saturated carbocycles. The Morgan fingerprint density at radius 2 is 1.94 bits per heavy atom. The number of carbonyl (C=O) groups is 2. The molecule has 1 aromatic carbocycles. The number of ether oxygens (including phenoxy) is 1. The van der Waals surface area contributed by atoms with Crippen LogP contribution >= 0.6 is 22.7 Å². The quantitative estimate of drug-likeness (QED) is 0.375. The van der Waals surface area contributed by atoms with Gasteiger partial charge >= 0.3 is 5.97 Å². The predicted octanol–water partition coefficient (Wildman–Crippen LogP) is 5.84. The summed E-state index contributed by atoms with van der Waals surface area (Å²) >= 11 is 2.68. The molecule has 0 aliphatic rings. The van der Waals surface area contributed by atoms with Crippen molar-refractivity contribution in [2.24, 2.45) is 0 Å². The Morgan fingerprint density at radius 1 is 1.23 bits per heavy atom. The van der Waals surface area contributed by atoms with E-state index in [1.54, 1.807) is 20.8 Å². The lowest BCUT2D eigenvalue weighted by Gasteiger charge is -2.07. The normalized spacial score (nSPS) is 11.1. The highest BCUT2D eigenvalue weighted by molar-refractivity contribution is 7.18. The first-order chi connectivity index (χ1) is 14.9. The van der Waals surface area contributed by atoms with E-state index in [1.165, 1.54) is 28.7 Å². The summed E-state index contributed by atoms with van der Waals surface area (Å²) in [6, 6.07) is 11.6. The van der Waals surface area contributed by atoms with Gasteiger partial charge in [0, 0.05) is 11.0 Å². The predicted molar refractivity (Wildman–Crippen MR) is 125 cm³/mol. The Labute approximate surface area is 188 Å². The van der Waals surface area contributed by atoms with Gasteiger partial charge in [-0.1, -0.05) is 30.3 Å². The van der Waals surface area contributed by atoms with Crippen molar-refractivity contribution in [1.82, 2.24) is 4.98 Å². The molecule has 6 nitrogen and oxygen atoms in total. The van der Waals surface area contributed by atoms with Crippen LogP contribution < -0.4 is 5.32 Å². The summed E-state index contributed by atoms with van der Waals surface area (Å²) in [5.74, 6) is -0.913. The number of nitrogens with zero attached hydrogens (tertiary/aromatic N) is 2. The summed E-state index contributed by atoms with van der Waals surface area (Å²) in [6.45, 7) is 7.36. The van der Waals surface area contributed by atoms with E-state index in [2.05, 4.69) is 10.3 Å². The van der Waals surface area contributed by atoms with Crippen molar-refractivity contribution in [3.8, 4) is 16.5 Å². The van der Waals surface area contributed by atoms with Gasteiger partial charge in [-0.2, -0.15) is 5.26 Å². The van der Waals surface area contributed by atoms with Crippen molar-refractivity contribution >= 4 is 45.1 Å². The molecule has 31 heavy (non-hydrogen) atoms. The van der Waals surface area contributed by atoms with Gasteiger partial charge in [-0.3, -0.25) is 4.79 Å². The first-order valence-corrected chi connectivity index (χ1v) is 11.2. The topological polar surface area (TPSA) is 92.1 Å². The van der Waals surface area contributed by atoms with Gasteiger partial charge in [-0.25, -0.2) is 9.78 Å². The van der Waals surface area contributed by atoms with Crippen molar-refractivity contribution in [2.75, 3.05) is 11.9 Å². The number of rotatable bonds is 6. The van der Waals surface area contributed by atoms with Gasteiger partial charge in [-0.15, -0.1) is 22.7 Å². The summed E-state index contributed by atoms with van der Waals surface area (Å²) in [5, 5.41) is 13.0. The molecule has 3 aromatic rings. The fraction of sp³-hybridized carbons (Fsp3) is 0.217. The molecule has 1 N–H and O–H groups in total. The number of nitrogens with one attached hydrogen (secondary N) is 1. The van der Waals surface area contributed by atoms with Gasteiger partial charge in [-0.05, 0) is 44.4 Å². The molecule has 2 heterocycles. The number of carbonyl (C=O) groups excluding carboxylic acids is 2. The second-order valence-corrected chi connectivity index (χ2v) is 8.89. The number of amides is 1. The average Bonchev–Trinajstić information content (AvgIpc) is 3.29. The summed E-state index contributed by atoms with van der Waals surface area (Å²) in [4.78, 5) is 31.8. The zero-order valence-corrected chi connectivity index (χ0v) is 19.2. The molecular formula is C23H21N3O3S2. The number of hydrogen-bond donors (Lipinski definition) is 1. The lowest BCUT2D eigenvalue weighted by Crippen LogP contribution is -2.16. The number of esters is 1. The van der Waals surface area contributed by atoms with Crippen LogP contribution in [0.15, 0.2) is 36.4 Å². The second kappa shape index (κ2) is 9.69. The molecule has 3 rings (SSSR count). The van der Waals surface area contributed by atoms with Crippen LogP contribution in [0.5, 0.6) is 0 Å². The van der Waals surface area contributed by atoms with Crippen LogP contribution in [0.2, 0.25) is 0 Å². The molecule has 0 fully saturated rings. The number of aromatic nitrogens is 1. The zero-order chi connectivity index (χ0) is 22.5. The highest BCUT2D eigenvalue weighted by Crippen LogP contribution is 2.38. The van der Waals surface area contributed by atoms with Crippen LogP contribution in [0.25, 0.3) is 16.0 Å². The number of allylic oxidation sites excluding steroid dienone is 2. The van der Waals surface area contributed by atoms with Crippen LogP contribution in [0.3, 0.4) is 0 Å². The monoisotopic (exact) mass is 451 g/mol. The van der Waals surface area contributed by atoms with Crippen LogP contribution in [0.1, 0.15) is 50.1 Å². The molecule has 0 radical (unpaired) electrons. The van der Waals surface area contributed by atoms with E-state index in [0.29, 0.717) is 27.4 Å².